The van der Waals surface area contributed by atoms with E-state index >= 15 is 0 Å². The predicted octanol–water partition coefficient (Wildman–Crippen LogP) is 4.91. The van der Waals surface area contributed by atoms with Gasteiger partial charge in [0.15, 0.2) is 5.82 Å². The molecule has 4 heterocycles. The van der Waals surface area contributed by atoms with E-state index in [4.69, 9.17) is 29.3 Å². The number of methoxy groups -OCH3 is 1. The first-order chi connectivity index (χ1) is 22.0. The molecule has 2 aromatic carbocycles. The molecule has 1 aliphatic heterocycles. The molecule has 0 spiro atoms. The van der Waals surface area contributed by atoms with E-state index in [1.54, 1.807) is 48.0 Å². The summed E-state index contributed by atoms with van der Waals surface area (Å²) in [6.07, 6.45) is 3.00. The number of carbonyl (C=O) groups is 1. The van der Waals surface area contributed by atoms with Crippen molar-refractivity contribution in [3.05, 3.63) is 78.6 Å². The van der Waals surface area contributed by atoms with E-state index in [-0.39, 0.29) is 6.09 Å². The summed E-state index contributed by atoms with van der Waals surface area (Å²) in [5.41, 5.74) is 2.49. The number of hydrogen-bond acceptors (Lipinski definition) is 11. The minimum atomic E-state index is -0.345. The molecule has 1 fully saturated rings. The Morgan fingerprint density at radius 3 is 2.24 bits per heavy atom. The van der Waals surface area contributed by atoms with Crippen molar-refractivity contribution in [1.29, 1.82) is 5.26 Å². The Labute approximate surface area is 259 Å². The fourth-order valence-corrected chi connectivity index (χ4v) is 5.08. The molecule has 45 heavy (non-hydrogen) atoms. The van der Waals surface area contributed by atoms with E-state index in [9.17, 15) is 10.1 Å². The molecule has 6 rings (SSSR count). The molecule has 1 saturated heterocycles. The van der Waals surface area contributed by atoms with Crippen LogP contribution in [0.4, 0.5) is 22.2 Å². The average molecular weight is 606 g/mol. The van der Waals surface area contributed by atoms with Crippen molar-refractivity contribution in [2.75, 3.05) is 56.7 Å². The molecule has 0 atom stereocenters. The first kappa shape index (κ1) is 29.2. The highest BCUT2D eigenvalue weighted by molar-refractivity contribution is 5.77. The number of hydrogen-bond donors (Lipinski definition) is 0. The summed E-state index contributed by atoms with van der Waals surface area (Å²) in [5.74, 6) is 3.27. The van der Waals surface area contributed by atoms with Gasteiger partial charge in [-0.2, -0.15) is 19.7 Å². The molecule has 1 amide bonds. The number of anilines is 3. The van der Waals surface area contributed by atoms with Crippen LogP contribution in [0, 0.1) is 11.3 Å². The smallest absolute Gasteiger partial charge is 0.409 e. The predicted molar refractivity (Wildman–Crippen MR) is 167 cm³/mol. The molecule has 13 nitrogen and oxygen atoms in total. The van der Waals surface area contributed by atoms with Crippen LogP contribution in [0.25, 0.3) is 17.0 Å². The number of fused-ring (bicyclic) bond motifs is 1. The van der Waals surface area contributed by atoms with E-state index in [2.05, 4.69) is 11.1 Å². The monoisotopic (exact) mass is 605 g/mol. The van der Waals surface area contributed by atoms with Gasteiger partial charge in [-0.25, -0.2) is 4.79 Å². The summed E-state index contributed by atoms with van der Waals surface area (Å²) in [6, 6.07) is 20.9. The van der Waals surface area contributed by atoms with Crippen molar-refractivity contribution in [2.24, 2.45) is 0 Å². The zero-order valence-electron chi connectivity index (χ0n) is 25.1. The van der Waals surface area contributed by atoms with E-state index in [0.29, 0.717) is 78.8 Å². The number of pyridine rings is 1. The fourth-order valence-electron chi connectivity index (χ4n) is 5.08. The maximum absolute atomic E-state index is 12.3. The second-order valence-electron chi connectivity index (χ2n) is 10.1. The topological polar surface area (TPSA) is 134 Å². The Balaban J connectivity index is 1.36. The Morgan fingerprint density at radius 1 is 0.933 bits per heavy atom. The van der Waals surface area contributed by atoms with Gasteiger partial charge in [0.2, 0.25) is 0 Å². The normalized spacial score (nSPS) is 12.9. The lowest BCUT2D eigenvalue weighted by molar-refractivity contribution is 0.105. The Morgan fingerprint density at radius 2 is 1.60 bits per heavy atom. The fraction of sp³-hybridized carbons (Fsp3) is 0.250. The lowest BCUT2D eigenvalue weighted by Gasteiger charge is -2.35. The molecule has 0 aliphatic carbocycles. The van der Waals surface area contributed by atoms with E-state index in [1.165, 1.54) is 0 Å². The standard InChI is InChI=1S/C32H31N9O4/c1-4-44-32(42)40-19-17-39(18-20-40)29-27(21-33)28(22-5-9-24(43-3)10-6-22)41-30(35-29)36-31(37-41)38(2)23-7-11-25(12-8-23)45-26-13-15-34-16-14-26/h5-16H,4,17-20H2,1-3H3. The van der Waals surface area contributed by atoms with E-state index in [1.807, 2.05) is 65.4 Å². The molecule has 0 N–H and O–H groups in total. The van der Waals surface area contributed by atoms with Crippen LogP contribution in [-0.4, -0.2) is 82.5 Å². The molecule has 0 saturated carbocycles. The first-order valence-electron chi connectivity index (χ1n) is 14.4. The zero-order valence-corrected chi connectivity index (χ0v) is 25.1. The Bertz CT molecular complexity index is 1830. The minimum absolute atomic E-state index is 0.314. The van der Waals surface area contributed by atoms with Crippen LogP contribution in [0.15, 0.2) is 73.1 Å². The maximum atomic E-state index is 12.3. The molecule has 0 bridgehead atoms. The third kappa shape index (κ3) is 5.98. The summed E-state index contributed by atoms with van der Waals surface area (Å²) in [4.78, 5) is 31.4. The van der Waals surface area contributed by atoms with Crippen molar-refractivity contribution >= 4 is 29.3 Å². The van der Waals surface area contributed by atoms with Crippen LogP contribution in [0.2, 0.25) is 0 Å². The number of ether oxygens (including phenoxy) is 3. The van der Waals surface area contributed by atoms with Gasteiger partial charge in [0.25, 0.3) is 11.7 Å². The number of benzene rings is 2. The molecular weight excluding hydrogens is 574 g/mol. The van der Waals surface area contributed by atoms with Crippen LogP contribution < -0.4 is 19.3 Å². The number of aromatic nitrogens is 5. The molecule has 5 aromatic rings. The first-order valence-corrected chi connectivity index (χ1v) is 14.4. The minimum Gasteiger partial charge on any atom is -0.497 e. The number of carbonyl (C=O) groups excluding carboxylic acids is 1. The third-order valence-electron chi connectivity index (χ3n) is 7.45. The highest BCUT2D eigenvalue weighted by atomic mass is 16.6. The van der Waals surface area contributed by atoms with Crippen LogP contribution in [0.5, 0.6) is 17.2 Å². The Kier molecular flexibility index (Phi) is 8.28. The number of nitrogens with zero attached hydrogens (tertiary/aromatic N) is 9. The van der Waals surface area contributed by atoms with Gasteiger partial charge in [-0.05, 0) is 67.6 Å². The van der Waals surface area contributed by atoms with Gasteiger partial charge in [-0.15, -0.1) is 5.10 Å². The number of piperazine rings is 1. The number of amides is 1. The summed E-state index contributed by atoms with van der Waals surface area (Å²) >= 11 is 0. The van der Waals surface area contributed by atoms with Crippen LogP contribution in [0.1, 0.15) is 12.5 Å². The van der Waals surface area contributed by atoms with Crippen molar-refractivity contribution in [1.82, 2.24) is 29.5 Å². The van der Waals surface area contributed by atoms with Crippen LogP contribution >= 0.6 is 0 Å². The highest BCUT2D eigenvalue weighted by Gasteiger charge is 2.28. The third-order valence-corrected chi connectivity index (χ3v) is 7.45. The molecular formula is C32H31N9O4. The molecule has 1 aliphatic rings. The number of nitriles is 1. The van der Waals surface area contributed by atoms with E-state index < -0.39 is 0 Å². The van der Waals surface area contributed by atoms with Crippen molar-refractivity contribution in [2.45, 2.75) is 6.92 Å². The SMILES string of the molecule is CCOC(=O)N1CCN(c2nc3nc(N(C)c4ccc(Oc5ccncc5)cc4)nn3c(-c3ccc(OC)cc3)c2C#N)CC1. The summed E-state index contributed by atoms with van der Waals surface area (Å²) in [6.45, 7) is 3.94. The van der Waals surface area contributed by atoms with Crippen LogP contribution in [0.3, 0.4) is 0 Å². The molecule has 0 radical (unpaired) electrons. The average Bonchev–Trinajstić information content (AvgIpc) is 3.52. The van der Waals surface area contributed by atoms with Gasteiger partial charge in [0.1, 0.15) is 28.9 Å². The molecule has 13 heteroatoms. The quantitative estimate of drug-likeness (QED) is 0.239. The van der Waals surface area contributed by atoms with Gasteiger partial charge >= 0.3 is 6.09 Å². The zero-order chi connectivity index (χ0) is 31.3. The second-order valence-corrected chi connectivity index (χ2v) is 10.1. The number of rotatable bonds is 8. The van der Waals surface area contributed by atoms with Crippen molar-refractivity contribution in [3.8, 4) is 34.6 Å². The lowest BCUT2D eigenvalue weighted by Crippen LogP contribution is -2.49. The molecule has 228 valence electrons. The van der Waals surface area contributed by atoms with Gasteiger partial charge < -0.3 is 28.9 Å². The van der Waals surface area contributed by atoms with Crippen LogP contribution in [-0.2, 0) is 4.74 Å². The Hall–Kier alpha value is -5.90. The summed E-state index contributed by atoms with van der Waals surface area (Å²) < 4.78 is 18.0. The van der Waals surface area contributed by atoms with E-state index in [0.717, 1.165) is 11.3 Å². The lowest BCUT2D eigenvalue weighted by atomic mass is 10.1. The van der Waals surface area contributed by atoms with Gasteiger partial charge in [0, 0.05) is 56.9 Å². The summed E-state index contributed by atoms with van der Waals surface area (Å²) in [7, 11) is 3.47. The van der Waals surface area contributed by atoms with Gasteiger partial charge in [-0.1, -0.05) is 0 Å². The second kappa shape index (κ2) is 12.8. The highest BCUT2D eigenvalue weighted by Crippen LogP contribution is 2.33. The maximum Gasteiger partial charge on any atom is 0.409 e. The summed E-state index contributed by atoms with van der Waals surface area (Å²) in [5, 5.41) is 15.3. The molecule has 0 unspecified atom stereocenters. The van der Waals surface area contributed by atoms with Gasteiger partial charge in [0.05, 0.1) is 19.4 Å². The van der Waals surface area contributed by atoms with Crippen molar-refractivity contribution < 1.29 is 19.0 Å². The van der Waals surface area contributed by atoms with Gasteiger partial charge in [-0.3, -0.25) is 4.98 Å². The largest absolute Gasteiger partial charge is 0.497 e. The van der Waals surface area contributed by atoms with Crippen molar-refractivity contribution in [3.63, 3.8) is 0 Å². The molecule has 3 aromatic heterocycles.